The molecule has 0 saturated heterocycles. The Bertz CT molecular complexity index is 496. The third-order valence-corrected chi connectivity index (χ3v) is 3.66. The van der Waals surface area contributed by atoms with Gasteiger partial charge in [-0.2, -0.15) is 0 Å². The minimum Gasteiger partial charge on any atom is -0.469 e. The van der Waals surface area contributed by atoms with E-state index in [1.54, 1.807) is 19.1 Å². The maximum atomic E-state index is 11.7. The van der Waals surface area contributed by atoms with E-state index in [0.717, 1.165) is 0 Å². The smallest absolute Gasteiger partial charge is 0.309 e. The monoisotopic (exact) mass is 257 g/mol. The van der Waals surface area contributed by atoms with Crippen molar-refractivity contribution in [2.24, 2.45) is 0 Å². The second-order valence-corrected chi connectivity index (χ2v) is 5.17. The fraction of sp³-hybridized carbons (Fsp3) is 0.364. The van der Waals surface area contributed by atoms with Gasteiger partial charge in [-0.3, -0.25) is 4.79 Å². The Balaban J connectivity index is 2.97. The number of methoxy groups -OCH3 is 1. The van der Waals surface area contributed by atoms with E-state index >= 15 is 0 Å². The van der Waals surface area contributed by atoms with Crippen molar-refractivity contribution in [3.63, 3.8) is 0 Å². The molecule has 1 aromatic rings. The molecule has 0 bridgehead atoms. The molecule has 0 heterocycles. The summed E-state index contributed by atoms with van der Waals surface area (Å²) < 4.78 is 30.3. The molecule has 0 unspecified atom stereocenters. The summed E-state index contributed by atoms with van der Waals surface area (Å²) in [5, 5.41) is 0. The Hall–Kier alpha value is -1.40. The van der Waals surface area contributed by atoms with Crippen molar-refractivity contribution in [3.05, 3.63) is 29.8 Å². The molecule has 1 aromatic carbocycles. The molecule has 6 heteroatoms. The molecule has 0 radical (unpaired) electrons. The van der Waals surface area contributed by atoms with Crippen molar-refractivity contribution in [2.75, 3.05) is 13.7 Å². The molecule has 0 fully saturated rings. The van der Waals surface area contributed by atoms with Gasteiger partial charge in [0.15, 0.2) is 0 Å². The molecule has 5 nitrogen and oxygen atoms in total. The van der Waals surface area contributed by atoms with Gasteiger partial charge in [0.05, 0.1) is 18.4 Å². The Morgan fingerprint density at radius 3 is 2.71 bits per heavy atom. The van der Waals surface area contributed by atoms with E-state index in [1.165, 1.54) is 19.2 Å². The summed E-state index contributed by atoms with van der Waals surface area (Å²) in [5.74, 6) is -0.400. The quantitative estimate of drug-likeness (QED) is 0.788. The highest BCUT2D eigenvalue weighted by molar-refractivity contribution is 7.89. The number of rotatable bonds is 5. The van der Waals surface area contributed by atoms with E-state index in [9.17, 15) is 13.2 Å². The number of sulfonamides is 1. The number of hydrogen-bond donors (Lipinski definition) is 1. The maximum Gasteiger partial charge on any atom is 0.309 e. The first kappa shape index (κ1) is 13.7. The van der Waals surface area contributed by atoms with E-state index in [2.05, 4.69) is 9.46 Å². The second kappa shape index (κ2) is 5.79. The third kappa shape index (κ3) is 3.83. The Morgan fingerprint density at radius 1 is 1.41 bits per heavy atom. The average molecular weight is 257 g/mol. The molecule has 0 aromatic heterocycles. The summed E-state index contributed by atoms with van der Waals surface area (Å²) in [6.45, 7) is 2.03. The first-order valence-electron chi connectivity index (χ1n) is 5.15. The molecule has 1 rings (SSSR count). The van der Waals surface area contributed by atoms with Crippen molar-refractivity contribution in [3.8, 4) is 0 Å². The number of benzene rings is 1. The van der Waals surface area contributed by atoms with Gasteiger partial charge in [0.2, 0.25) is 10.0 Å². The zero-order valence-electron chi connectivity index (χ0n) is 9.76. The van der Waals surface area contributed by atoms with E-state index in [1.807, 2.05) is 0 Å². The highest BCUT2D eigenvalue weighted by atomic mass is 32.2. The van der Waals surface area contributed by atoms with Gasteiger partial charge >= 0.3 is 5.97 Å². The standard InChI is InChI=1S/C11H15NO4S/c1-3-12-17(14,15)10-6-4-5-9(7-10)8-11(13)16-2/h4-7,12H,3,8H2,1-2H3. The lowest BCUT2D eigenvalue weighted by atomic mass is 10.1. The molecule has 0 aliphatic carbocycles. The van der Waals surface area contributed by atoms with Crippen LogP contribution in [0.4, 0.5) is 0 Å². The van der Waals surface area contributed by atoms with Crippen LogP contribution in [0.5, 0.6) is 0 Å². The van der Waals surface area contributed by atoms with Crippen molar-refractivity contribution in [1.82, 2.24) is 4.72 Å². The summed E-state index contributed by atoms with van der Waals surface area (Å²) in [6.07, 6.45) is 0.0615. The van der Waals surface area contributed by atoms with E-state index in [-0.39, 0.29) is 11.3 Å². The van der Waals surface area contributed by atoms with Gasteiger partial charge in [-0.1, -0.05) is 19.1 Å². The van der Waals surface area contributed by atoms with Gasteiger partial charge in [-0.05, 0) is 17.7 Å². The lowest BCUT2D eigenvalue weighted by Crippen LogP contribution is -2.23. The van der Waals surface area contributed by atoms with Crippen molar-refractivity contribution in [1.29, 1.82) is 0 Å². The zero-order valence-corrected chi connectivity index (χ0v) is 10.6. The molecule has 0 amide bonds. The number of carbonyl (C=O) groups excluding carboxylic acids is 1. The topological polar surface area (TPSA) is 72.5 Å². The third-order valence-electron chi connectivity index (χ3n) is 2.12. The van der Waals surface area contributed by atoms with Crippen LogP contribution in [0.15, 0.2) is 29.2 Å². The molecule has 0 atom stereocenters. The fourth-order valence-electron chi connectivity index (χ4n) is 1.33. The van der Waals surface area contributed by atoms with Crippen LogP contribution in [0, 0.1) is 0 Å². The summed E-state index contributed by atoms with van der Waals surface area (Å²) in [4.78, 5) is 11.2. The molecule has 0 spiro atoms. The van der Waals surface area contributed by atoms with Crippen molar-refractivity contribution in [2.45, 2.75) is 18.2 Å². The molecular formula is C11H15NO4S. The number of esters is 1. The van der Waals surface area contributed by atoms with Crippen LogP contribution in [0.2, 0.25) is 0 Å². The van der Waals surface area contributed by atoms with Crippen molar-refractivity contribution < 1.29 is 17.9 Å². The number of hydrogen-bond acceptors (Lipinski definition) is 4. The Labute approximate surface area is 101 Å². The first-order chi connectivity index (χ1) is 7.99. The van der Waals surface area contributed by atoms with Crippen LogP contribution in [-0.2, 0) is 26.0 Å². The predicted octanol–water partition coefficient (Wildman–Crippen LogP) is 0.700. The van der Waals surface area contributed by atoms with Gasteiger partial charge in [-0.25, -0.2) is 13.1 Å². The molecule has 0 aliphatic rings. The summed E-state index contributed by atoms with van der Waals surface area (Å²) in [5.41, 5.74) is 0.607. The molecule has 0 saturated carbocycles. The minimum atomic E-state index is -3.48. The van der Waals surface area contributed by atoms with Crippen LogP contribution in [0.1, 0.15) is 12.5 Å². The number of carbonyl (C=O) groups is 1. The average Bonchev–Trinajstić information content (AvgIpc) is 2.29. The highest BCUT2D eigenvalue weighted by Crippen LogP contribution is 2.12. The fourth-order valence-corrected chi connectivity index (χ4v) is 2.45. The van der Waals surface area contributed by atoms with Crippen LogP contribution < -0.4 is 4.72 Å². The SMILES string of the molecule is CCNS(=O)(=O)c1cccc(CC(=O)OC)c1. The summed E-state index contributed by atoms with van der Waals surface area (Å²) in [7, 11) is -2.18. The van der Waals surface area contributed by atoms with Gasteiger partial charge in [0, 0.05) is 6.54 Å². The molecular weight excluding hydrogens is 242 g/mol. The molecule has 94 valence electrons. The lowest BCUT2D eigenvalue weighted by molar-refractivity contribution is -0.139. The van der Waals surface area contributed by atoms with E-state index in [0.29, 0.717) is 12.1 Å². The summed E-state index contributed by atoms with van der Waals surface area (Å²) >= 11 is 0. The Morgan fingerprint density at radius 2 is 2.12 bits per heavy atom. The van der Waals surface area contributed by atoms with E-state index in [4.69, 9.17) is 0 Å². The molecule has 1 N–H and O–H groups in total. The van der Waals surface area contributed by atoms with Gasteiger partial charge in [0.1, 0.15) is 0 Å². The maximum absolute atomic E-state index is 11.7. The van der Waals surface area contributed by atoms with Crippen LogP contribution in [0.25, 0.3) is 0 Å². The predicted molar refractivity (Wildman–Crippen MR) is 63.0 cm³/mol. The van der Waals surface area contributed by atoms with Crippen LogP contribution in [-0.4, -0.2) is 28.0 Å². The summed E-state index contributed by atoms with van der Waals surface area (Å²) in [6, 6.07) is 6.23. The first-order valence-corrected chi connectivity index (χ1v) is 6.63. The van der Waals surface area contributed by atoms with Gasteiger partial charge in [-0.15, -0.1) is 0 Å². The number of nitrogens with one attached hydrogen (secondary N) is 1. The highest BCUT2D eigenvalue weighted by Gasteiger charge is 2.13. The largest absolute Gasteiger partial charge is 0.469 e. The van der Waals surface area contributed by atoms with Crippen molar-refractivity contribution >= 4 is 16.0 Å². The van der Waals surface area contributed by atoms with Gasteiger partial charge < -0.3 is 4.74 Å². The zero-order chi connectivity index (χ0) is 12.9. The van der Waals surface area contributed by atoms with Gasteiger partial charge in [0.25, 0.3) is 0 Å². The molecule has 17 heavy (non-hydrogen) atoms. The molecule has 0 aliphatic heterocycles. The normalized spacial score (nSPS) is 11.2. The van der Waals surface area contributed by atoms with Crippen LogP contribution >= 0.6 is 0 Å². The van der Waals surface area contributed by atoms with Crippen LogP contribution in [0.3, 0.4) is 0 Å². The second-order valence-electron chi connectivity index (χ2n) is 3.40. The van der Waals surface area contributed by atoms with E-state index < -0.39 is 16.0 Å². The minimum absolute atomic E-state index is 0.0615. The number of ether oxygens (including phenoxy) is 1. The lowest BCUT2D eigenvalue weighted by Gasteiger charge is -2.06. The Kier molecular flexibility index (Phi) is 4.65.